The van der Waals surface area contributed by atoms with Gasteiger partial charge in [0.05, 0.1) is 26.6 Å². The first-order chi connectivity index (χ1) is 10.2. The highest BCUT2D eigenvalue weighted by Gasteiger charge is 2.10. The van der Waals surface area contributed by atoms with Crippen LogP contribution in [0.3, 0.4) is 0 Å². The second-order valence-corrected chi connectivity index (χ2v) is 4.06. The van der Waals surface area contributed by atoms with E-state index in [4.69, 9.17) is 9.47 Å². The third kappa shape index (κ3) is 3.38. The molecule has 1 aromatic carbocycles. The largest absolute Gasteiger partial charge is 0.493 e. The highest BCUT2D eigenvalue weighted by Crippen LogP contribution is 2.29. The third-order valence-corrected chi connectivity index (χ3v) is 2.78. The molecule has 1 heterocycles. The minimum Gasteiger partial charge on any atom is -0.493 e. The average Bonchev–Trinajstić information content (AvgIpc) is 2.54. The average molecular weight is 288 g/mol. The highest BCUT2D eigenvalue weighted by atomic mass is 16.5. The zero-order valence-corrected chi connectivity index (χ0v) is 12.0. The second kappa shape index (κ2) is 6.56. The smallest absolute Gasteiger partial charge is 0.275 e. The van der Waals surface area contributed by atoms with Gasteiger partial charge in [0, 0.05) is 18.8 Å². The molecule has 0 radical (unpaired) electrons. The summed E-state index contributed by atoms with van der Waals surface area (Å²) in [6.07, 6.45) is 2.89. The van der Waals surface area contributed by atoms with E-state index in [1.807, 2.05) is 0 Å². The number of nitrogens with one attached hydrogen (secondary N) is 2. The monoisotopic (exact) mass is 288 g/mol. The van der Waals surface area contributed by atoms with Gasteiger partial charge in [-0.2, -0.15) is 0 Å². The Balaban J connectivity index is 2.14. The standard InChI is InChI=1S/C14H16N4O3/c1-15-13-8-16-10(7-17-13)14(19)18-9-4-5-11(20-2)12(6-9)21-3/h4-8H,1-3H3,(H,15,17)(H,18,19). The zero-order valence-electron chi connectivity index (χ0n) is 12.0. The molecule has 0 saturated heterocycles. The molecular formula is C14H16N4O3. The van der Waals surface area contributed by atoms with Gasteiger partial charge < -0.3 is 20.1 Å². The topological polar surface area (TPSA) is 85.4 Å². The summed E-state index contributed by atoms with van der Waals surface area (Å²) in [6, 6.07) is 5.10. The number of ether oxygens (including phenoxy) is 2. The molecule has 0 aliphatic rings. The predicted molar refractivity (Wildman–Crippen MR) is 79.1 cm³/mol. The van der Waals surface area contributed by atoms with E-state index >= 15 is 0 Å². The maximum atomic E-state index is 12.1. The first kappa shape index (κ1) is 14.6. The predicted octanol–water partition coefficient (Wildman–Crippen LogP) is 1.79. The summed E-state index contributed by atoms with van der Waals surface area (Å²) in [4.78, 5) is 20.1. The van der Waals surface area contributed by atoms with Gasteiger partial charge in [-0.15, -0.1) is 0 Å². The summed E-state index contributed by atoms with van der Waals surface area (Å²) >= 11 is 0. The van der Waals surface area contributed by atoms with Crippen molar-refractivity contribution in [3.8, 4) is 11.5 Å². The second-order valence-electron chi connectivity index (χ2n) is 4.06. The maximum absolute atomic E-state index is 12.1. The Morgan fingerprint density at radius 3 is 2.43 bits per heavy atom. The van der Waals surface area contributed by atoms with Crippen molar-refractivity contribution in [3.63, 3.8) is 0 Å². The van der Waals surface area contributed by atoms with Crippen LogP contribution in [-0.2, 0) is 0 Å². The molecular weight excluding hydrogens is 272 g/mol. The summed E-state index contributed by atoms with van der Waals surface area (Å²) in [5.74, 6) is 1.37. The van der Waals surface area contributed by atoms with Gasteiger partial charge in [-0.3, -0.25) is 4.79 Å². The fraction of sp³-hybridized carbons (Fsp3) is 0.214. The van der Waals surface area contributed by atoms with Crippen LogP contribution in [0.1, 0.15) is 10.5 Å². The minimum atomic E-state index is -0.350. The lowest BCUT2D eigenvalue weighted by molar-refractivity contribution is 0.102. The van der Waals surface area contributed by atoms with E-state index in [-0.39, 0.29) is 11.6 Å². The van der Waals surface area contributed by atoms with Gasteiger partial charge in [0.2, 0.25) is 0 Å². The Labute approximate surface area is 122 Å². The van der Waals surface area contributed by atoms with E-state index in [2.05, 4.69) is 20.6 Å². The van der Waals surface area contributed by atoms with Crippen LogP contribution in [0.5, 0.6) is 11.5 Å². The molecule has 0 fully saturated rings. The van der Waals surface area contributed by atoms with E-state index in [9.17, 15) is 4.79 Å². The number of methoxy groups -OCH3 is 2. The number of anilines is 2. The van der Waals surface area contributed by atoms with Crippen molar-refractivity contribution in [2.45, 2.75) is 0 Å². The van der Waals surface area contributed by atoms with Gasteiger partial charge >= 0.3 is 0 Å². The van der Waals surface area contributed by atoms with Crippen LogP contribution in [0, 0.1) is 0 Å². The molecule has 0 bridgehead atoms. The zero-order chi connectivity index (χ0) is 15.2. The van der Waals surface area contributed by atoms with Crippen molar-refractivity contribution in [2.24, 2.45) is 0 Å². The molecule has 0 aliphatic heterocycles. The first-order valence-corrected chi connectivity index (χ1v) is 6.21. The van der Waals surface area contributed by atoms with Crippen molar-refractivity contribution < 1.29 is 14.3 Å². The normalized spacial score (nSPS) is 9.86. The molecule has 110 valence electrons. The van der Waals surface area contributed by atoms with Crippen LogP contribution in [0.4, 0.5) is 11.5 Å². The Kier molecular flexibility index (Phi) is 4.55. The number of aromatic nitrogens is 2. The number of nitrogens with zero attached hydrogens (tertiary/aromatic N) is 2. The van der Waals surface area contributed by atoms with Crippen LogP contribution >= 0.6 is 0 Å². The summed E-state index contributed by atoms with van der Waals surface area (Å²) in [6.45, 7) is 0. The van der Waals surface area contributed by atoms with Crippen molar-refractivity contribution in [1.29, 1.82) is 0 Å². The van der Waals surface area contributed by atoms with Crippen LogP contribution in [-0.4, -0.2) is 37.1 Å². The van der Waals surface area contributed by atoms with Gasteiger partial charge in [0.25, 0.3) is 5.91 Å². The number of amides is 1. The molecule has 1 amide bonds. The molecule has 0 unspecified atom stereocenters. The van der Waals surface area contributed by atoms with Gasteiger partial charge in [-0.25, -0.2) is 9.97 Å². The number of benzene rings is 1. The van der Waals surface area contributed by atoms with Crippen molar-refractivity contribution in [3.05, 3.63) is 36.3 Å². The molecule has 21 heavy (non-hydrogen) atoms. The minimum absolute atomic E-state index is 0.226. The molecule has 2 rings (SSSR count). The summed E-state index contributed by atoms with van der Waals surface area (Å²) in [5.41, 5.74) is 0.806. The van der Waals surface area contributed by atoms with Crippen molar-refractivity contribution in [1.82, 2.24) is 9.97 Å². The van der Waals surface area contributed by atoms with Crippen LogP contribution in [0.15, 0.2) is 30.6 Å². The van der Waals surface area contributed by atoms with E-state index in [1.165, 1.54) is 19.5 Å². The Hall–Kier alpha value is -2.83. The summed E-state index contributed by atoms with van der Waals surface area (Å²) < 4.78 is 10.3. The molecule has 7 heteroatoms. The van der Waals surface area contributed by atoms with Crippen LogP contribution < -0.4 is 20.1 Å². The van der Waals surface area contributed by atoms with Gasteiger partial charge in [-0.05, 0) is 12.1 Å². The van der Waals surface area contributed by atoms with Crippen LogP contribution in [0.25, 0.3) is 0 Å². The molecule has 2 N–H and O–H groups in total. The molecule has 0 saturated carbocycles. The van der Waals surface area contributed by atoms with E-state index in [0.29, 0.717) is 23.0 Å². The first-order valence-electron chi connectivity index (χ1n) is 6.21. The highest BCUT2D eigenvalue weighted by molar-refractivity contribution is 6.02. The Bertz CT molecular complexity index is 629. The summed E-state index contributed by atoms with van der Waals surface area (Å²) in [7, 11) is 4.81. The lowest BCUT2D eigenvalue weighted by Crippen LogP contribution is -2.14. The van der Waals surface area contributed by atoms with E-state index in [0.717, 1.165) is 0 Å². The Morgan fingerprint density at radius 1 is 1.10 bits per heavy atom. The lowest BCUT2D eigenvalue weighted by atomic mass is 10.2. The molecule has 1 aromatic heterocycles. The van der Waals surface area contributed by atoms with E-state index in [1.54, 1.807) is 32.4 Å². The molecule has 0 atom stereocenters. The maximum Gasteiger partial charge on any atom is 0.275 e. The fourth-order valence-electron chi connectivity index (χ4n) is 1.68. The molecule has 7 nitrogen and oxygen atoms in total. The quantitative estimate of drug-likeness (QED) is 0.872. The number of carbonyl (C=O) groups excluding carboxylic acids is 1. The van der Waals surface area contributed by atoms with E-state index < -0.39 is 0 Å². The fourth-order valence-corrected chi connectivity index (χ4v) is 1.68. The molecule has 0 spiro atoms. The number of carbonyl (C=O) groups is 1. The number of hydrogen-bond acceptors (Lipinski definition) is 6. The molecule has 2 aromatic rings. The molecule has 0 aliphatic carbocycles. The van der Waals surface area contributed by atoms with Crippen molar-refractivity contribution >= 4 is 17.4 Å². The number of rotatable bonds is 5. The van der Waals surface area contributed by atoms with Gasteiger partial charge in [-0.1, -0.05) is 0 Å². The summed E-state index contributed by atoms with van der Waals surface area (Å²) in [5, 5.41) is 5.56. The number of hydrogen-bond donors (Lipinski definition) is 2. The Morgan fingerprint density at radius 2 is 1.86 bits per heavy atom. The third-order valence-electron chi connectivity index (χ3n) is 2.78. The SMILES string of the molecule is CNc1cnc(C(=O)Nc2ccc(OC)c(OC)c2)cn1. The van der Waals surface area contributed by atoms with Crippen LogP contribution in [0.2, 0.25) is 0 Å². The lowest BCUT2D eigenvalue weighted by Gasteiger charge is -2.10. The van der Waals surface area contributed by atoms with Crippen molar-refractivity contribution in [2.75, 3.05) is 31.9 Å². The van der Waals surface area contributed by atoms with Gasteiger partial charge in [0.15, 0.2) is 11.5 Å². The van der Waals surface area contributed by atoms with Gasteiger partial charge in [0.1, 0.15) is 11.5 Å².